The number of hydrogen-bond acceptors (Lipinski definition) is 5. The SMILES string of the molecule is CNC(=O)CCNS(=O)(=O)c1cnccc1NC. The van der Waals surface area contributed by atoms with Crippen LogP contribution in [0.3, 0.4) is 0 Å². The van der Waals surface area contributed by atoms with Crippen LogP contribution >= 0.6 is 0 Å². The van der Waals surface area contributed by atoms with Crippen molar-refractivity contribution in [3.05, 3.63) is 18.5 Å². The van der Waals surface area contributed by atoms with Gasteiger partial charge in [-0.2, -0.15) is 0 Å². The van der Waals surface area contributed by atoms with E-state index in [9.17, 15) is 13.2 Å². The van der Waals surface area contributed by atoms with Crippen LogP contribution in [0.4, 0.5) is 5.69 Å². The largest absolute Gasteiger partial charge is 0.387 e. The van der Waals surface area contributed by atoms with Crippen LogP contribution in [0.5, 0.6) is 0 Å². The van der Waals surface area contributed by atoms with E-state index in [1.165, 1.54) is 19.4 Å². The second kappa shape index (κ2) is 6.31. The molecule has 0 spiro atoms. The third-order valence-electron chi connectivity index (χ3n) is 2.27. The third-order valence-corrected chi connectivity index (χ3v) is 3.75. The molecule has 18 heavy (non-hydrogen) atoms. The smallest absolute Gasteiger partial charge is 0.244 e. The standard InChI is InChI=1S/C10H16N4O3S/c1-11-8-3-5-13-7-9(8)18(16,17)14-6-4-10(15)12-2/h3,5,7,14H,4,6H2,1-2H3,(H,11,13)(H,12,15). The molecule has 0 fully saturated rings. The number of hydrogen-bond donors (Lipinski definition) is 3. The van der Waals surface area contributed by atoms with Gasteiger partial charge in [-0.05, 0) is 6.07 Å². The molecule has 3 N–H and O–H groups in total. The number of amides is 1. The first-order chi connectivity index (χ1) is 8.51. The molecule has 0 bridgehead atoms. The minimum atomic E-state index is -3.66. The second-order valence-electron chi connectivity index (χ2n) is 3.44. The van der Waals surface area contributed by atoms with Crippen LogP contribution in [0, 0.1) is 0 Å². The third kappa shape index (κ3) is 3.67. The first kappa shape index (κ1) is 14.4. The lowest BCUT2D eigenvalue weighted by atomic mass is 10.4. The van der Waals surface area contributed by atoms with Crippen molar-refractivity contribution < 1.29 is 13.2 Å². The fourth-order valence-electron chi connectivity index (χ4n) is 1.30. The molecule has 100 valence electrons. The van der Waals surface area contributed by atoms with Gasteiger partial charge in [0.1, 0.15) is 4.90 Å². The predicted octanol–water partition coefficient (Wildman–Crippen LogP) is -0.462. The number of nitrogens with zero attached hydrogens (tertiary/aromatic N) is 1. The zero-order valence-corrected chi connectivity index (χ0v) is 11.0. The molecule has 1 rings (SSSR count). The van der Waals surface area contributed by atoms with E-state index in [2.05, 4.69) is 20.3 Å². The quantitative estimate of drug-likeness (QED) is 0.650. The zero-order valence-electron chi connectivity index (χ0n) is 10.2. The molecule has 0 aliphatic carbocycles. The van der Waals surface area contributed by atoms with E-state index in [0.29, 0.717) is 5.69 Å². The van der Waals surface area contributed by atoms with Crippen molar-refractivity contribution in [2.24, 2.45) is 0 Å². The van der Waals surface area contributed by atoms with Gasteiger partial charge < -0.3 is 10.6 Å². The van der Waals surface area contributed by atoms with Gasteiger partial charge in [-0.1, -0.05) is 0 Å². The molecular formula is C10H16N4O3S. The van der Waals surface area contributed by atoms with Gasteiger partial charge in [0.2, 0.25) is 15.9 Å². The highest BCUT2D eigenvalue weighted by Crippen LogP contribution is 2.18. The van der Waals surface area contributed by atoms with Crippen molar-refractivity contribution in [2.45, 2.75) is 11.3 Å². The van der Waals surface area contributed by atoms with Gasteiger partial charge in [0.15, 0.2) is 0 Å². The molecule has 0 aliphatic rings. The summed E-state index contributed by atoms with van der Waals surface area (Å²) in [6.45, 7) is 0.0417. The molecule has 1 amide bonds. The number of nitrogens with one attached hydrogen (secondary N) is 3. The number of rotatable bonds is 6. The fraction of sp³-hybridized carbons (Fsp3) is 0.400. The predicted molar refractivity (Wildman–Crippen MR) is 67.7 cm³/mol. The summed E-state index contributed by atoms with van der Waals surface area (Å²) in [5, 5.41) is 5.19. The lowest BCUT2D eigenvalue weighted by Gasteiger charge is -2.10. The number of aromatic nitrogens is 1. The zero-order chi connectivity index (χ0) is 13.6. The van der Waals surface area contributed by atoms with Gasteiger partial charge in [-0.3, -0.25) is 9.78 Å². The van der Waals surface area contributed by atoms with Gasteiger partial charge >= 0.3 is 0 Å². The Hall–Kier alpha value is -1.67. The number of sulfonamides is 1. The maximum absolute atomic E-state index is 12.0. The Bertz CT molecular complexity index is 516. The van der Waals surface area contributed by atoms with Crippen LogP contribution < -0.4 is 15.4 Å². The monoisotopic (exact) mass is 272 g/mol. The first-order valence-corrected chi connectivity index (χ1v) is 6.81. The van der Waals surface area contributed by atoms with Crippen molar-refractivity contribution in [2.75, 3.05) is 26.0 Å². The van der Waals surface area contributed by atoms with Crippen molar-refractivity contribution >= 4 is 21.6 Å². The Morgan fingerprint density at radius 1 is 1.39 bits per heavy atom. The number of anilines is 1. The summed E-state index contributed by atoms with van der Waals surface area (Å²) in [7, 11) is -0.541. The maximum atomic E-state index is 12.0. The van der Waals surface area contributed by atoms with Crippen LogP contribution in [-0.4, -0.2) is 39.9 Å². The van der Waals surface area contributed by atoms with E-state index in [-0.39, 0.29) is 23.8 Å². The van der Waals surface area contributed by atoms with Gasteiger partial charge in [0.25, 0.3) is 0 Å². The summed E-state index contributed by atoms with van der Waals surface area (Å²) >= 11 is 0. The Kier molecular flexibility index (Phi) is 5.05. The van der Waals surface area contributed by atoms with Gasteiger partial charge in [-0.15, -0.1) is 0 Å². The summed E-state index contributed by atoms with van der Waals surface area (Å²) in [5.41, 5.74) is 0.456. The van der Waals surface area contributed by atoms with Crippen LogP contribution in [0.25, 0.3) is 0 Å². The van der Waals surface area contributed by atoms with Crippen molar-refractivity contribution in [1.82, 2.24) is 15.0 Å². The molecule has 0 unspecified atom stereocenters. The summed E-state index contributed by atoms with van der Waals surface area (Å²) in [6, 6.07) is 1.56. The summed E-state index contributed by atoms with van der Waals surface area (Å²) in [5.74, 6) is -0.224. The lowest BCUT2D eigenvalue weighted by Crippen LogP contribution is -2.29. The van der Waals surface area contributed by atoms with Crippen LogP contribution in [0.1, 0.15) is 6.42 Å². The van der Waals surface area contributed by atoms with Crippen LogP contribution in [-0.2, 0) is 14.8 Å². The summed E-state index contributed by atoms with van der Waals surface area (Å²) in [6.07, 6.45) is 2.84. The highest BCUT2D eigenvalue weighted by molar-refractivity contribution is 7.89. The average Bonchev–Trinajstić information content (AvgIpc) is 2.38. The van der Waals surface area contributed by atoms with E-state index in [0.717, 1.165) is 0 Å². The topological polar surface area (TPSA) is 100 Å². The Morgan fingerprint density at radius 2 is 2.11 bits per heavy atom. The molecule has 7 nitrogen and oxygen atoms in total. The van der Waals surface area contributed by atoms with E-state index in [1.807, 2.05) is 0 Å². The summed E-state index contributed by atoms with van der Waals surface area (Å²) in [4.78, 5) is 14.8. The maximum Gasteiger partial charge on any atom is 0.244 e. The molecular weight excluding hydrogens is 256 g/mol. The molecule has 1 heterocycles. The molecule has 1 aromatic heterocycles. The molecule has 0 radical (unpaired) electrons. The van der Waals surface area contributed by atoms with E-state index in [4.69, 9.17) is 0 Å². The number of carbonyl (C=O) groups is 1. The Balaban J connectivity index is 2.77. The molecule has 0 atom stereocenters. The van der Waals surface area contributed by atoms with E-state index < -0.39 is 10.0 Å². The summed E-state index contributed by atoms with van der Waals surface area (Å²) < 4.78 is 26.3. The lowest BCUT2D eigenvalue weighted by molar-refractivity contribution is -0.120. The minimum Gasteiger partial charge on any atom is -0.387 e. The van der Waals surface area contributed by atoms with Crippen molar-refractivity contribution in [1.29, 1.82) is 0 Å². The molecule has 8 heteroatoms. The van der Waals surface area contributed by atoms with E-state index >= 15 is 0 Å². The molecule has 0 aliphatic heterocycles. The molecule has 0 saturated heterocycles. The van der Waals surface area contributed by atoms with Gasteiger partial charge in [0.05, 0.1) is 5.69 Å². The molecule has 0 saturated carbocycles. The molecule has 0 aromatic carbocycles. The first-order valence-electron chi connectivity index (χ1n) is 5.33. The van der Waals surface area contributed by atoms with Crippen LogP contribution in [0.15, 0.2) is 23.4 Å². The minimum absolute atomic E-state index is 0.0417. The normalized spacial score (nSPS) is 11.0. The Morgan fingerprint density at radius 3 is 2.72 bits per heavy atom. The van der Waals surface area contributed by atoms with Crippen molar-refractivity contribution in [3.63, 3.8) is 0 Å². The average molecular weight is 272 g/mol. The highest BCUT2D eigenvalue weighted by Gasteiger charge is 2.18. The van der Waals surface area contributed by atoms with E-state index in [1.54, 1.807) is 13.1 Å². The molecule has 1 aromatic rings. The van der Waals surface area contributed by atoms with Gasteiger partial charge in [-0.25, -0.2) is 13.1 Å². The number of carbonyl (C=O) groups excluding carboxylic acids is 1. The van der Waals surface area contributed by atoms with Gasteiger partial charge in [0, 0.05) is 39.5 Å². The Labute approximate surface area is 106 Å². The fourth-order valence-corrected chi connectivity index (χ4v) is 2.49. The second-order valence-corrected chi connectivity index (χ2v) is 5.18. The highest BCUT2D eigenvalue weighted by atomic mass is 32.2. The number of pyridine rings is 1. The van der Waals surface area contributed by atoms with Crippen LogP contribution in [0.2, 0.25) is 0 Å². The van der Waals surface area contributed by atoms with Crippen molar-refractivity contribution in [3.8, 4) is 0 Å².